The number of anilines is 1. The van der Waals surface area contributed by atoms with E-state index in [4.69, 9.17) is 0 Å². The highest BCUT2D eigenvalue weighted by Gasteiger charge is 2.26. The topological polar surface area (TPSA) is 74.3 Å². The van der Waals surface area contributed by atoms with Crippen molar-refractivity contribution in [2.75, 3.05) is 25.0 Å². The van der Waals surface area contributed by atoms with E-state index in [9.17, 15) is 9.59 Å². The number of benzene rings is 1. The molecule has 0 aliphatic carbocycles. The first-order chi connectivity index (χ1) is 14.4. The predicted molar refractivity (Wildman–Crippen MR) is 120 cm³/mol. The number of hydrogen-bond donors (Lipinski definition) is 2. The molecule has 3 rings (SSSR count). The molecule has 2 aromatic rings. The molecule has 1 saturated heterocycles. The maximum atomic E-state index is 12.6. The van der Waals surface area contributed by atoms with Crippen LogP contribution in [0.5, 0.6) is 0 Å². The van der Waals surface area contributed by atoms with Gasteiger partial charge < -0.3 is 10.6 Å². The van der Waals surface area contributed by atoms with Crippen molar-refractivity contribution in [1.29, 1.82) is 0 Å². The van der Waals surface area contributed by atoms with Gasteiger partial charge in [0.15, 0.2) is 0 Å². The van der Waals surface area contributed by atoms with Crippen molar-refractivity contribution < 1.29 is 9.59 Å². The fraction of sp³-hybridized carbons (Fsp3) is 0.458. The molecule has 1 atom stereocenters. The Kier molecular flexibility index (Phi) is 7.57. The molecular formula is C24H32N4O2. The monoisotopic (exact) mass is 408 g/mol. The number of hydrogen-bond acceptors (Lipinski definition) is 4. The van der Waals surface area contributed by atoms with Gasteiger partial charge in [-0.05, 0) is 74.2 Å². The van der Waals surface area contributed by atoms with Gasteiger partial charge in [0.2, 0.25) is 0 Å². The Morgan fingerprint density at radius 2 is 1.60 bits per heavy atom. The minimum absolute atomic E-state index is 0.0852. The number of amides is 2. The maximum Gasteiger partial charge on any atom is 0.255 e. The summed E-state index contributed by atoms with van der Waals surface area (Å²) >= 11 is 0. The molecule has 0 unspecified atom stereocenters. The fourth-order valence-electron chi connectivity index (χ4n) is 3.86. The molecule has 1 aromatic heterocycles. The van der Waals surface area contributed by atoms with Crippen LogP contribution in [0.1, 0.15) is 54.3 Å². The summed E-state index contributed by atoms with van der Waals surface area (Å²) < 4.78 is 0. The van der Waals surface area contributed by atoms with Crippen LogP contribution in [0.25, 0.3) is 0 Å². The summed E-state index contributed by atoms with van der Waals surface area (Å²) in [5, 5.41) is 5.93. The van der Waals surface area contributed by atoms with Gasteiger partial charge >= 0.3 is 0 Å². The summed E-state index contributed by atoms with van der Waals surface area (Å²) in [6, 6.07) is 10.6. The predicted octanol–water partition coefficient (Wildman–Crippen LogP) is 3.82. The molecule has 2 N–H and O–H groups in total. The molecule has 0 radical (unpaired) electrons. The summed E-state index contributed by atoms with van der Waals surface area (Å²) in [5.74, 6) is 0.981. The van der Waals surface area contributed by atoms with Crippen LogP contribution in [-0.2, 0) is 0 Å². The van der Waals surface area contributed by atoms with Crippen molar-refractivity contribution in [1.82, 2.24) is 15.2 Å². The van der Waals surface area contributed by atoms with Crippen molar-refractivity contribution >= 4 is 17.5 Å². The maximum absolute atomic E-state index is 12.6. The first-order valence-corrected chi connectivity index (χ1v) is 10.8. The lowest BCUT2D eigenvalue weighted by atomic mass is 9.94. The molecule has 160 valence electrons. The van der Waals surface area contributed by atoms with E-state index in [1.807, 2.05) is 0 Å². The minimum atomic E-state index is -0.203. The molecule has 6 nitrogen and oxygen atoms in total. The van der Waals surface area contributed by atoms with Crippen LogP contribution < -0.4 is 10.6 Å². The number of piperidine rings is 1. The number of pyridine rings is 1. The Bertz CT molecular complexity index is 828. The third-order valence-corrected chi connectivity index (χ3v) is 5.88. The van der Waals surface area contributed by atoms with E-state index in [-0.39, 0.29) is 11.8 Å². The van der Waals surface area contributed by atoms with Crippen LogP contribution in [0.15, 0.2) is 48.8 Å². The van der Waals surface area contributed by atoms with E-state index in [0.717, 1.165) is 19.0 Å². The van der Waals surface area contributed by atoms with E-state index in [1.165, 1.54) is 12.8 Å². The van der Waals surface area contributed by atoms with Crippen LogP contribution in [0, 0.1) is 11.8 Å². The Balaban J connectivity index is 1.54. The number of likely N-dealkylation sites (tertiary alicyclic amines) is 1. The molecule has 2 heterocycles. The van der Waals surface area contributed by atoms with Crippen LogP contribution >= 0.6 is 0 Å². The Morgan fingerprint density at radius 1 is 1.00 bits per heavy atom. The smallest absolute Gasteiger partial charge is 0.255 e. The van der Waals surface area contributed by atoms with Crippen molar-refractivity contribution in [3.05, 3.63) is 59.9 Å². The summed E-state index contributed by atoms with van der Waals surface area (Å²) in [6.07, 6.45) is 5.61. The molecule has 2 amide bonds. The molecular weight excluding hydrogens is 376 g/mol. The highest BCUT2D eigenvalue weighted by Crippen LogP contribution is 2.21. The lowest BCUT2D eigenvalue weighted by Gasteiger charge is -2.38. The first-order valence-electron chi connectivity index (χ1n) is 10.8. The second-order valence-electron chi connectivity index (χ2n) is 8.51. The van der Waals surface area contributed by atoms with Gasteiger partial charge in [-0.2, -0.15) is 0 Å². The first kappa shape index (κ1) is 22.0. The quantitative estimate of drug-likeness (QED) is 0.730. The SMILES string of the molecule is CC1CCN([C@@H](CNC(=O)c2ccc(NC(=O)c3ccncc3)cc2)C(C)C)CC1. The zero-order chi connectivity index (χ0) is 21.5. The van der Waals surface area contributed by atoms with Crippen LogP contribution in [-0.4, -0.2) is 47.4 Å². The summed E-state index contributed by atoms with van der Waals surface area (Å²) in [6.45, 7) is 9.60. The Hall–Kier alpha value is -2.73. The number of nitrogens with one attached hydrogen (secondary N) is 2. The normalized spacial score (nSPS) is 16.3. The van der Waals surface area contributed by atoms with Gasteiger partial charge in [-0.15, -0.1) is 0 Å². The minimum Gasteiger partial charge on any atom is -0.350 e. The largest absolute Gasteiger partial charge is 0.350 e. The molecule has 6 heteroatoms. The number of carbonyl (C=O) groups is 2. The van der Waals surface area contributed by atoms with E-state index in [2.05, 4.69) is 41.3 Å². The van der Waals surface area contributed by atoms with Gasteiger partial charge in [-0.1, -0.05) is 20.8 Å². The Labute approximate surface area is 179 Å². The molecule has 0 saturated carbocycles. The zero-order valence-electron chi connectivity index (χ0n) is 18.1. The van der Waals surface area contributed by atoms with E-state index in [1.54, 1.807) is 48.8 Å². The summed E-state index contributed by atoms with van der Waals surface area (Å²) in [4.78, 5) is 31.3. The van der Waals surface area contributed by atoms with E-state index >= 15 is 0 Å². The second-order valence-corrected chi connectivity index (χ2v) is 8.51. The molecule has 1 aliphatic heterocycles. The molecule has 30 heavy (non-hydrogen) atoms. The van der Waals surface area contributed by atoms with Gasteiger partial charge in [0.05, 0.1) is 0 Å². The van der Waals surface area contributed by atoms with Crippen LogP contribution in [0.4, 0.5) is 5.69 Å². The molecule has 0 spiro atoms. The van der Waals surface area contributed by atoms with E-state index < -0.39 is 0 Å². The number of nitrogens with zero attached hydrogens (tertiary/aromatic N) is 2. The van der Waals surface area contributed by atoms with Gasteiger partial charge in [0.25, 0.3) is 11.8 Å². The van der Waals surface area contributed by atoms with Gasteiger partial charge in [0.1, 0.15) is 0 Å². The van der Waals surface area contributed by atoms with Gasteiger partial charge in [-0.3, -0.25) is 19.5 Å². The summed E-state index contributed by atoms with van der Waals surface area (Å²) in [5.41, 5.74) is 1.78. The number of carbonyl (C=O) groups excluding carboxylic acids is 2. The third kappa shape index (κ3) is 5.89. The molecule has 1 aromatic carbocycles. The number of aromatic nitrogens is 1. The summed E-state index contributed by atoms with van der Waals surface area (Å²) in [7, 11) is 0. The van der Waals surface area contributed by atoms with Gasteiger partial charge in [0, 0.05) is 41.8 Å². The van der Waals surface area contributed by atoms with E-state index in [0.29, 0.717) is 35.3 Å². The Morgan fingerprint density at radius 3 is 2.20 bits per heavy atom. The van der Waals surface area contributed by atoms with Crippen LogP contribution in [0.2, 0.25) is 0 Å². The van der Waals surface area contributed by atoms with Crippen molar-refractivity contribution in [3.8, 4) is 0 Å². The zero-order valence-corrected chi connectivity index (χ0v) is 18.1. The molecule has 0 bridgehead atoms. The molecule has 1 fully saturated rings. The lowest BCUT2D eigenvalue weighted by Crippen LogP contribution is -2.49. The fourth-order valence-corrected chi connectivity index (χ4v) is 3.86. The van der Waals surface area contributed by atoms with Gasteiger partial charge in [-0.25, -0.2) is 0 Å². The average Bonchev–Trinajstić information content (AvgIpc) is 2.76. The highest BCUT2D eigenvalue weighted by atomic mass is 16.2. The second kappa shape index (κ2) is 10.3. The lowest BCUT2D eigenvalue weighted by molar-refractivity contribution is 0.0863. The van der Waals surface area contributed by atoms with Crippen molar-refractivity contribution in [2.45, 2.75) is 39.7 Å². The van der Waals surface area contributed by atoms with Crippen molar-refractivity contribution in [2.24, 2.45) is 11.8 Å². The third-order valence-electron chi connectivity index (χ3n) is 5.88. The number of rotatable bonds is 7. The molecule has 1 aliphatic rings. The van der Waals surface area contributed by atoms with Crippen LogP contribution in [0.3, 0.4) is 0 Å². The standard InChI is InChI=1S/C24H32N4O2/c1-17(2)22(28-14-10-18(3)11-15-28)16-26-23(29)19-4-6-21(7-5-19)27-24(30)20-8-12-25-13-9-20/h4-9,12-13,17-18,22H,10-11,14-16H2,1-3H3,(H,26,29)(H,27,30)/t22-/m0/s1. The highest BCUT2D eigenvalue weighted by molar-refractivity contribution is 6.04. The average molecular weight is 409 g/mol. The van der Waals surface area contributed by atoms with Crippen molar-refractivity contribution in [3.63, 3.8) is 0 Å².